The Balaban J connectivity index is 1.70. The zero-order chi connectivity index (χ0) is 17.5. The van der Waals surface area contributed by atoms with Crippen LogP contribution in [0.3, 0.4) is 0 Å². The predicted molar refractivity (Wildman–Crippen MR) is 99.8 cm³/mol. The molecule has 2 fully saturated rings. The number of nitrogens with zero attached hydrogens (tertiary/aromatic N) is 1. The van der Waals surface area contributed by atoms with Crippen molar-refractivity contribution in [2.24, 2.45) is 0 Å². The summed E-state index contributed by atoms with van der Waals surface area (Å²) in [5, 5.41) is 6.54. The molecular formula is C20H31N3O2. The molecule has 0 aromatic heterocycles. The Bertz CT molecular complexity index is 552. The third-order valence-corrected chi connectivity index (χ3v) is 5.43. The van der Waals surface area contributed by atoms with Gasteiger partial charge >= 0.3 is 0 Å². The van der Waals surface area contributed by atoms with Crippen molar-refractivity contribution in [3.8, 4) is 5.75 Å². The number of nitrogens with one attached hydrogen (secondary N) is 2. The van der Waals surface area contributed by atoms with Gasteiger partial charge in [-0.2, -0.15) is 0 Å². The van der Waals surface area contributed by atoms with E-state index in [9.17, 15) is 4.79 Å². The van der Waals surface area contributed by atoms with Crippen LogP contribution in [0.1, 0.15) is 50.1 Å². The van der Waals surface area contributed by atoms with Gasteiger partial charge in [-0.3, -0.25) is 9.69 Å². The maximum Gasteiger partial charge on any atom is 0.237 e. The summed E-state index contributed by atoms with van der Waals surface area (Å²) in [7, 11) is 1.72. The maximum absolute atomic E-state index is 12.5. The molecule has 1 aromatic rings. The van der Waals surface area contributed by atoms with Crippen molar-refractivity contribution in [2.75, 3.05) is 33.3 Å². The van der Waals surface area contributed by atoms with E-state index in [2.05, 4.69) is 27.7 Å². The minimum Gasteiger partial charge on any atom is -0.496 e. The summed E-state index contributed by atoms with van der Waals surface area (Å²) in [6.07, 6.45) is 6.99. The summed E-state index contributed by atoms with van der Waals surface area (Å²) in [5.41, 5.74) is 1.17. The molecule has 0 aliphatic carbocycles. The molecule has 2 saturated heterocycles. The lowest BCUT2D eigenvalue weighted by atomic mass is 10.00. The van der Waals surface area contributed by atoms with Crippen LogP contribution in [0.4, 0.5) is 0 Å². The van der Waals surface area contributed by atoms with Crippen LogP contribution in [0, 0.1) is 0 Å². The average molecular weight is 345 g/mol. The summed E-state index contributed by atoms with van der Waals surface area (Å²) < 4.78 is 5.59. The van der Waals surface area contributed by atoms with E-state index in [4.69, 9.17) is 4.74 Å². The molecule has 0 bridgehead atoms. The monoisotopic (exact) mass is 345 g/mol. The Morgan fingerprint density at radius 3 is 2.76 bits per heavy atom. The lowest BCUT2D eigenvalue weighted by molar-refractivity contribution is -0.124. The fraction of sp³-hybridized carbons (Fsp3) is 0.650. The van der Waals surface area contributed by atoms with E-state index in [-0.39, 0.29) is 18.0 Å². The van der Waals surface area contributed by atoms with E-state index < -0.39 is 0 Å². The fourth-order valence-electron chi connectivity index (χ4n) is 4.00. The van der Waals surface area contributed by atoms with Crippen LogP contribution in [0.25, 0.3) is 0 Å². The van der Waals surface area contributed by atoms with Crippen molar-refractivity contribution in [1.29, 1.82) is 0 Å². The number of carbonyl (C=O) groups excluding carboxylic acids is 1. The molecule has 2 aliphatic rings. The third-order valence-electron chi connectivity index (χ3n) is 5.43. The van der Waals surface area contributed by atoms with E-state index in [1.54, 1.807) is 7.11 Å². The van der Waals surface area contributed by atoms with Gasteiger partial charge in [0.2, 0.25) is 5.91 Å². The fourth-order valence-corrected chi connectivity index (χ4v) is 4.00. The molecule has 0 spiro atoms. The van der Waals surface area contributed by atoms with E-state index >= 15 is 0 Å². The van der Waals surface area contributed by atoms with Gasteiger partial charge in [-0.1, -0.05) is 31.0 Å². The molecule has 2 heterocycles. The Morgan fingerprint density at radius 1 is 1.24 bits per heavy atom. The van der Waals surface area contributed by atoms with Crippen molar-refractivity contribution in [2.45, 2.75) is 50.6 Å². The predicted octanol–water partition coefficient (Wildman–Crippen LogP) is 2.48. The standard InChI is InChI=1S/C20H31N3O2/c1-25-19-11-4-3-9-16(19)18(23-13-7-2-8-14-23)15-22-20(24)17-10-5-6-12-21-17/h3-4,9,11,17-18,21H,2,5-8,10,12-15H2,1H3,(H,22,24). The Labute approximate surface area is 151 Å². The van der Waals surface area contributed by atoms with Crippen LogP contribution in [0.2, 0.25) is 0 Å². The zero-order valence-corrected chi connectivity index (χ0v) is 15.3. The molecule has 5 heteroatoms. The van der Waals surface area contributed by atoms with Crippen LogP contribution in [0.15, 0.2) is 24.3 Å². The van der Waals surface area contributed by atoms with E-state index in [0.717, 1.165) is 38.2 Å². The van der Waals surface area contributed by atoms with E-state index in [0.29, 0.717) is 6.54 Å². The number of rotatable bonds is 6. The van der Waals surface area contributed by atoms with Crippen LogP contribution < -0.4 is 15.4 Å². The summed E-state index contributed by atoms with van der Waals surface area (Å²) in [4.78, 5) is 15.0. The summed E-state index contributed by atoms with van der Waals surface area (Å²) >= 11 is 0. The Morgan fingerprint density at radius 2 is 2.04 bits per heavy atom. The summed E-state index contributed by atoms with van der Waals surface area (Å²) in [5.74, 6) is 1.04. The van der Waals surface area contributed by atoms with Gasteiger partial charge in [-0.15, -0.1) is 0 Å². The first-order chi connectivity index (χ1) is 12.3. The van der Waals surface area contributed by atoms with Gasteiger partial charge in [0.05, 0.1) is 19.2 Å². The van der Waals surface area contributed by atoms with E-state index in [1.807, 2.05) is 12.1 Å². The molecule has 5 nitrogen and oxygen atoms in total. The first kappa shape index (κ1) is 18.2. The average Bonchev–Trinajstić information content (AvgIpc) is 2.70. The number of ether oxygens (including phenoxy) is 1. The zero-order valence-electron chi connectivity index (χ0n) is 15.3. The van der Waals surface area contributed by atoms with Crippen LogP contribution in [-0.2, 0) is 4.79 Å². The SMILES string of the molecule is COc1ccccc1C(CNC(=O)C1CCCCN1)N1CCCCC1. The molecule has 2 unspecified atom stereocenters. The second-order valence-electron chi connectivity index (χ2n) is 7.10. The number of methoxy groups -OCH3 is 1. The molecule has 2 atom stereocenters. The molecule has 0 radical (unpaired) electrons. The van der Waals surface area contributed by atoms with Crippen molar-refractivity contribution < 1.29 is 9.53 Å². The number of carbonyl (C=O) groups is 1. The normalized spacial score (nSPS) is 23.0. The first-order valence-corrected chi connectivity index (χ1v) is 9.67. The molecule has 138 valence electrons. The molecule has 3 rings (SSSR count). The molecule has 0 saturated carbocycles. The van der Waals surface area contributed by atoms with Gasteiger partial charge in [-0.05, 0) is 51.4 Å². The first-order valence-electron chi connectivity index (χ1n) is 9.67. The van der Waals surface area contributed by atoms with E-state index in [1.165, 1.54) is 31.2 Å². The second-order valence-corrected chi connectivity index (χ2v) is 7.10. The van der Waals surface area contributed by atoms with Crippen molar-refractivity contribution in [1.82, 2.24) is 15.5 Å². The van der Waals surface area contributed by atoms with Gasteiger partial charge in [-0.25, -0.2) is 0 Å². The summed E-state index contributed by atoms with van der Waals surface area (Å²) in [6.45, 7) is 3.75. The lowest BCUT2D eigenvalue weighted by Gasteiger charge is -2.36. The third kappa shape index (κ3) is 4.73. The van der Waals surface area contributed by atoms with Gasteiger partial charge in [0.25, 0.3) is 0 Å². The van der Waals surface area contributed by atoms with Crippen molar-refractivity contribution in [3.05, 3.63) is 29.8 Å². The van der Waals surface area contributed by atoms with Gasteiger partial charge < -0.3 is 15.4 Å². The van der Waals surface area contributed by atoms with Gasteiger partial charge in [0.15, 0.2) is 0 Å². The minimum absolute atomic E-state index is 0.0339. The highest BCUT2D eigenvalue weighted by Crippen LogP contribution is 2.30. The molecule has 2 aliphatic heterocycles. The number of benzene rings is 1. The highest BCUT2D eigenvalue weighted by Gasteiger charge is 2.27. The number of amides is 1. The number of hydrogen-bond acceptors (Lipinski definition) is 4. The number of likely N-dealkylation sites (tertiary alicyclic amines) is 1. The highest BCUT2D eigenvalue weighted by molar-refractivity contribution is 5.81. The number of para-hydroxylation sites is 1. The molecular weight excluding hydrogens is 314 g/mol. The van der Waals surface area contributed by atoms with Crippen LogP contribution in [0.5, 0.6) is 5.75 Å². The minimum atomic E-state index is -0.0339. The van der Waals surface area contributed by atoms with Gasteiger partial charge in [0, 0.05) is 12.1 Å². The molecule has 1 amide bonds. The van der Waals surface area contributed by atoms with Gasteiger partial charge in [0.1, 0.15) is 5.75 Å². The second kappa shape index (κ2) is 9.20. The highest BCUT2D eigenvalue weighted by atomic mass is 16.5. The molecule has 25 heavy (non-hydrogen) atoms. The number of hydrogen-bond donors (Lipinski definition) is 2. The van der Waals surface area contributed by atoms with Crippen molar-refractivity contribution >= 4 is 5.91 Å². The van der Waals surface area contributed by atoms with Crippen LogP contribution >= 0.6 is 0 Å². The molecule has 1 aromatic carbocycles. The maximum atomic E-state index is 12.5. The van der Waals surface area contributed by atoms with Crippen molar-refractivity contribution in [3.63, 3.8) is 0 Å². The molecule has 2 N–H and O–H groups in total. The number of piperidine rings is 2. The largest absolute Gasteiger partial charge is 0.496 e. The Kier molecular flexibility index (Phi) is 6.70. The van der Waals surface area contributed by atoms with Crippen LogP contribution in [-0.4, -0.2) is 50.1 Å². The summed E-state index contributed by atoms with van der Waals surface area (Å²) in [6, 6.07) is 8.33. The lowest BCUT2D eigenvalue weighted by Crippen LogP contribution is -2.49. The topological polar surface area (TPSA) is 53.6 Å². The Hall–Kier alpha value is -1.59. The quantitative estimate of drug-likeness (QED) is 0.832. The smallest absolute Gasteiger partial charge is 0.237 e.